The average molecular weight is 311 g/mol. The van der Waals surface area contributed by atoms with Gasteiger partial charge in [0, 0.05) is 11.5 Å². The van der Waals surface area contributed by atoms with Gasteiger partial charge in [-0.15, -0.1) is 0 Å². The van der Waals surface area contributed by atoms with Gasteiger partial charge in [-0.2, -0.15) is 11.8 Å². The molecule has 116 valence electrons. The number of amides is 1. The number of alkyl carbamates (subject to hydrolysis) is 1. The van der Waals surface area contributed by atoms with Gasteiger partial charge in [0.25, 0.3) is 0 Å². The van der Waals surface area contributed by atoms with E-state index < -0.39 is 18.1 Å². The zero-order valence-corrected chi connectivity index (χ0v) is 13.1. The molecule has 21 heavy (non-hydrogen) atoms. The molecular weight excluding hydrogens is 290 g/mol. The standard InChI is InChI=1S/C15H21NO4S/c1-11(2)8-20-15(19)16-13(14(17)18)10-21-9-12-6-4-3-5-7-12/h3-7,11,13H,8-10H2,1-2H3,(H,16,19)(H,17,18)/t13-/m0/s1. The molecule has 5 nitrogen and oxygen atoms in total. The van der Waals surface area contributed by atoms with E-state index in [1.807, 2.05) is 44.2 Å². The summed E-state index contributed by atoms with van der Waals surface area (Å²) < 4.78 is 4.93. The number of hydrogen-bond acceptors (Lipinski definition) is 4. The summed E-state index contributed by atoms with van der Waals surface area (Å²) in [7, 11) is 0. The molecule has 1 amide bonds. The Labute approximate surface area is 129 Å². The van der Waals surface area contributed by atoms with Crippen LogP contribution in [-0.2, 0) is 15.3 Å². The molecule has 2 N–H and O–H groups in total. The van der Waals surface area contributed by atoms with Crippen molar-refractivity contribution in [1.29, 1.82) is 0 Å². The molecule has 0 saturated carbocycles. The highest BCUT2D eigenvalue weighted by molar-refractivity contribution is 7.98. The van der Waals surface area contributed by atoms with Crippen molar-refractivity contribution in [3.63, 3.8) is 0 Å². The van der Waals surface area contributed by atoms with E-state index in [4.69, 9.17) is 9.84 Å². The molecule has 1 atom stereocenters. The van der Waals surface area contributed by atoms with Crippen molar-refractivity contribution < 1.29 is 19.4 Å². The van der Waals surface area contributed by atoms with E-state index in [2.05, 4.69) is 5.32 Å². The Balaban J connectivity index is 2.36. The number of carboxylic acid groups (broad SMARTS) is 1. The van der Waals surface area contributed by atoms with Gasteiger partial charge in [0.2, 0.25) is 0 Å². The Morgan fingerprint density at radius 3 is 2.52 bits per heavy atom. The lowest BCUT2D eigenvalue weighted by Crippen LogP contribution is -2.43. The van der Waals surface area contributed by atoms with Crippen LogP contribution in [0.5, 0.6) is 0 Å². The summed E-state index contributed by atoms with van der Waals surface area (Å²) in [6, 6.07) is 8.82. The molecular formula is C15H21NO4S. The third-order valence-corrected chi connectivity index (χ3v) is 3.64. The van der Waals surface area contributed by atoms with Crippen molar-refractivity contribution >= 4 is 23.8 Å². The summed E-state index contributed by atoms with van der Waals surface area (Å²) in [6.07, 6.45) is -0.684. The molecule has 0 fully saturated rings. The molecule has 1 rings (SSSR count). The predicted molar refractivity (Wildman–Crippen MR) is 83.3 cm³/mol. The fourth-order valence-corrected chi connectivity index (χ4v) is 2.48. The van der Waals surface area contributed by atoms with Crippen LogP contribution in [0.2, 0.25) is 0 Å². The summed E-state index contributed by atoms with van der Waals surface area (Å²) in [5.41, 5.74) is 1.12. The third kappa shape index (κ3) is 7.60. The molecule has 0 bridgehead atoms. The van der Waals surface area contributed by atoms with Gasteiger partial charge in [-0.1, -0.05) is 44.2 Å². The summed E-state index contributed by atoms with van der Waals surface area (Å²) >= 11 is 1.46. The molecule has 1 aromatic carbocycles. The van der Waals surface area contributed by atoms with Gasteiger partial charge < -0.3 is 15.2 Å². The van der Waals surface area contributed by atoms with Gasteiger partial charge in [-0.25, -0.2) is 9.59 Å². The second kappa shape index (κ2) is 9.28. The number of carboxylic acids is 1. The molecule has 0 aliphatic heterocycles. The van der Waals surface area contributed by atoms with Crippen LogP contribution in [0.4, 0.5) is 4.79 Å². The lowest BCUT2D eigenvalue weighted by molar-refractivity contribution is -0.138. The maximum Gasteiger partial charge on any atom is 0.407 e. The van der Waals surface area contributed by atoms with Crippen LogP contribution in [-0.4, -0.2) is 35.6 Å². The first-order chi connectivity index (χ1) is 9.99. The molecule has 0 saturated heterocycles. The lowest BCUT2D eigenvalue weighted by Gasteiger charge is -2.15. The van der Waals surface area contributed by atoms with E-state index >= 15 is 0 Å². The molecule has 1 aromatic rings. The van der Waals surface area contributed by atoms with Crippen molar-refractivity contribution in [3.05, 3.63) is 35.9 Å². The summed E-state index contributed by atoms with van der Waals surface area (Å²) in [5.74, 6) is 0.150. The number of aliphatic carboxylic acids is 1. The van der Waals surface area contributed by atoms with Crippen molar-refractivity contribution in [2.45, 2.75) is 25.6 Å². The topological polar surface area (TPSA) is 75.6 Å². The van der Waals surface area contributed by atoms with Crippen LogP contribution in [0.15, 0.2) is 30.3 Å². The first kappa shape index (κ1) is 17.4. The van der Waals surface area contributed by atoms with Gasteiger partial charge in [0.05, 0.1) is 6.61 Å². The quantitative estimate of drug-likeness (QED) is 0.772. The van der Waals surface area contributed by atoms with Crippen LogP contribution >= 0.6 is 11.8 Å². The van der Waals surface area contributed by atoms with Gasteiger partial charge >= 0.3 is 12.1 Å². The molecule has 6 heteroatoms. The number of ether oxygens (including phenoxy) is 1. The highest BCUT2D eigenvalue weighted by atomic mass is 32.2. The maximum absolute atomic E-state index is 11.5. The largest absolute Gasteiger partial charge is 0.480 e. The van der Waals surface area contributed by atoms with E-state index in [0.717, 1.165) is 5.56 Å². The van der Waals surface area contributed by atoms with Crippen molar-refractivity contribution in [3.8, 4) is 0 Å². The van der Waals surface area contributed by atoms with Crippen LogP contribution in [0.3, 0.4) is 0 Å². The number of benzene rings is 1. The first-order valence-electron chi connectivity index (χ1n) is 6.76. The Morgan fingerprint density at radius 2 is 1.95 bits per heavy atom. The van der Waals surface area contributed by atoms with Crippen LogP contribution in [0.1, 0.15) is 19.4 Å². The molecule has 0 unspecified atom stereocenters. The van der Waals surface area contributed by atoms with Crippen molar-refractivity contribution in [2.24, 2.45) is 5.92 Å². The molecule has 0 heterocycles. The Bertz CT molecular complexity index is 450. The summed E-state index contributed by atoms with van der Waals surface area (Å²) in [6.45, 7) is 4.10. The fourth-order valence-electron chi connectivity index (χ4n) is 1.47. The molecule has 0 radical (unpaired) electrons. The SMILES string of the molecule is CC(C)COC(=O)N[C@@H](CSCc1ccccc1)C(=O)O. The highest BCUT2D eigenvalue weighted by Crippen LogP contribution is 2.13. The van der Waals surface area contributed by atoms with Crippen LogP contribution < -0.4 is 5.32 Å². The number of hydrogen-bond donors (Lipinski definition) is 2. The Kier molecular flexibility index (Phi) is 7.68. The summed E-state index contributed by atoms with van der Waals surface area (Å²) in [5, 5.41) is 11.5. The van der Waals surface area contributed by atoms with E-state index in [1.165, 1.54) is 11.8 Å². The number of carbonyl (C=O) groups is 2. The second-order valence-electron chi connectivity index (χ2n) is 5.03. The molecule has 0 aromatic heterocycles. The van der Waals surface area contributed by atoms with Gasteiger partial charge in [0.15, 0.2) is 0 Å². The maximum atomic E-state index is 11.5. The first-order valence-corrected chi connectivity index (χ1v) is 7.92. The van der Waals surface area contributed by atoms with E-state index in [0.29, 0.717) is 11.5 Å². The highest BCUT2D eigenvalue weighted by Gasteiger charge is 2.20. The monoisotopic (exact) mass is 311 g/mol. The predicted octanol–water partition coefficient (Wildman–Crippen LogP) is 2.76. The lowest BCUT2D eigenvalue weighted by atomic mass is 10.2. The zero-order valence-electron chi connectivity index (χ0n) is 12.2. The van der Waals surface area contributed by atoms with Crippen LogP contribution in [0, 0.1) is 5.92 Å². The number of rotatable bonds is 8. The van der Waals surface area contributed by atoms with E-state index in [9.17, 15) is 9.59 Å². The van der Waals surface area contributed by atoms with Gasteiger partial charge in [0.1, 0.15) is 6.04 Å². The minimum absolute atomic E-state index is 0.214. The minimum Gasteiger partial charge on any atom is -0.480 e. The van der Waals surface area contributed by atoms with E-state index in [-0.39, 0.29) is 12.5 Å². The Hall–Kier alpha value is -1.69. The van der Waals surface area contributed by atoms with E-state index in [1.54, 1.807) is 0 Å². The minimum atomic E-state index is -1.06. The van der Waals surface area contributed by atoms with Crippen molar-refractivity contribution in [2.75, 3.05) is 12.4 Å². The number of carbonyl (C=O) groups excluding carboxylic acids is 1. The normalized spacial score (nSPS) is 12.0. The van der Waals surface area contributed by atoms with Gasteiger partial charge in [-0.3, -0.25) is 0 Å². The molecule has 0 spiro atoms. The van der Waals surface area contributed by atoms with Crippen LogP contribution in [0.25, 0.3) is 0 Å². The average Bonchev–Trinajstić information content (AvgIpc) is 2.45. The summed E-state index contributed by atoms with van der Waals surface area (Å²) in [4.78, 5) is 22.6. The number of thioether (sulfide) groups is 1. The molecule has 0 aliphatic carbocycles. The number of nitrogens with one attached hydrogen (secondary N) is 1. The Morgan fingerprint density at radius 1 is 1.29 bits per heavy atom. The molecule has 0 aliphatic rings. The zero-order chi connectivity index (χ0) is 15.7. The fraction of sp³-hybridized carbons (Fsp3) is 0.467. The smallest absolute Gasteiger partial charge is 0.407 e. The third-order valence-electron chi connectivity index (χ3n) is 2.53. The van der Waals surface area contributed by atoms with Gasteiger partial charge in [-0.05, 0) is 11.5 Å². The van der Waals surface area contributed by atoms with Crippen molar-refractivity contribution in [1.82, 2.24) is 5.32 Å². The second-order valence-corrected chi connectivity index (χ2v) is 6.06.